The van der Waals surface area contributed by atoms with Gasteiger partial charge in [0.25, 0.3) is 11.9 Å². The van der Waals surface area contributed by atoms with E-state index in [2.05, 4.69) is 16.0 Å². The van der Waals surface area contributed by atoms with Crippen LogP contribution in [-0.4, -0.2) is 72.9 Å². The van der Waals surface area contributed by atoms with Crippen LogP contribution in [0.15, 0.2) is 72.8 Å². The maximum Gasteiger partial charge on any atom is 0.407 e. The third kappa shape index (κ3) is 9.32. The molecule has 1 aliphatic carbocycles. The van der Waals surface area contributed by atoms with Crippen molar-refractivity contribution in [2.75, 3.05) is 26.8 Å². The normalized spacial score (nSPS) is 11.9. The lowest BCUT2D eigenvalue weighted by atomic mass is 9.98. The summed E-state index contributed by atoms with van der Waals surface area (Å²) in [5, 5.41) is 24.2. The number of hydrogen-bond donors (Lipinski definition) is 5. The summed E-state index contributed by atoms with van der Waals surface area (Å²) < 4.78 is 10.5. The summed E-state index contributed by atoms with van der Waals surface area (Å²) >= 11 is 0. The van der Waals surface area contributed by atoms with Gasteiger partial charge >= 0.3 is 12.1 Å². The molecular weight excluding hydrogens is 558 g/mol. The van der Waals surface area contributed by atoms with Gasteiger partial charge in [-0.05, 0) is 46.5 Å². The minimum Gasteiger partial charge on any atom is -0.497 e. The second kappa shape index (κ2) is 15.6. The number of ether oxygens (including phenoxy) is 2. The Balaban J connectivity index is 0.00000119. The topological polar surface area (TPSA) is 180 Å². The molecule has 43 heavy (non-hydrogen) atoms. The van der Waals surface area contributed by atoms with Gasteiger partial charge in [0.2, 0.25) is 5.91 Å². The molecule has 0 saturated carbocycles. The molecule has 3 amide bonds. The van der Waals surface area contributed by atoms with Crippen LogP contribution in [0.1, 0.15) is 40.7 Å². The van der Waals surface area contributed by atoms with E-state index < -0.39 is 36.4 Å². The third-order valence-electron chi connectivity index (χ3n) is 6.39. The molecule has 4 rings (SSSR count). The van der Waals surface area contributed by atoms with Gasteiger partial charge in [-0.25, -0.2) is 4.79 Å². The van der Waals surface area contributed by atoms with E-state index in [1.54, 1.807) is 24.3 Å². The van der Waals surface area contributed by atoms with Crippen LogP contribution in [0.25, 0.3) is 11.1 Å². The molecular formula is C31H33N3O9. The maximum absolute atomic E-state index is 12.6. The molecule has 0 spiro atoms. The molecule has 3 aromatic carbocycles. The molecule has 0 saturated heterocycles. The number of aliphatic carboxylic acids is 2. The van der Waals surface area contributed by atoms with Crippen molar-refractivity contribution in [1.82, 2.24) is 16.0 Å². The van der Waals surface area contributed by atoms with Gasteiger partial charge in [0.1, 0.15) is 18.4 Å². The molecule has 0 fully saturated rings. The molecule has 226 valence electrons. The van der Waals surface area contributed by atoms with Gasteiger partial charge in [0.15, 0.2) is 0 Å². The van der Waals surface area contributed by atoms with E-state index in [-0.39, 0.29) is 31.5 Å². The summed E-state index contributed by atoms with van der Waals surface area (Å²) in [6, 6.07) is 20.9. The van der Waals surface area contributed by atoms with Crippen molar-refractivity contribution >= 4 is 29.8 Å². The Morgan fingerprint density at radius 3 is 1.88 bits per heavy atom. The Hall–Kier alpha value is -5.39. The quantitative estimate of drug-likeness (QED) is 0.210. The van der Waals surface area contributed by atoms with Gasteiger partial charge in [-0.2, -0.15) is 0 Å². The first-order valence-corrected chi connectivity index (χ1v) is 13.3. The molecule has 0 heterocycles. The van der Waals surface area contributed by atoms with Gasteiger partial charge in [0, 0.05) is 31.5 Å². The third-order valence-corrected chi connectivity index (χ3v) is 6.39. The molecule has 5 N–H and O–H groups in total. The highest BCUT2D eigenvalue weighted by Gasteiger charge is 2.30. The number of carboxylic acid groups (broad SMARTS) is 2. The van der Waals surface area contributed by atoms with Crippen molar-refractivity contribution in [3.05, 3.63) is 89.5 Å². The zero-order valence-electron chi connectivity index (χ0n) is 23.7. The van der Waals surface area contributed by atoms with E-state index in [1.165, 1.54) is 7.11 Å². The van der Waals surface area contributed by atoms with Crippen molar-refractivity contribution in [3.63, 3.8) is 0 Å². The van der Waals surface area contributed by atoms with Crippen LogP contribution in [0, 0.1) is 0 Å². The van der Waals surface area contributed by atoms with Crippen molar-refractivity contribution in [2.45, 2.75) is 25.3 Å². The fourth-order valence-corrected chi connectivity index (χ4v) is 4.50. The second-order valence-corrected chi connectivity index (χ2v) is 9.41. The number of carbonyl (C=O) groups excluding carboxylic acids is 3. The Morgan fingerprint density at radius 2 is 1.35 bits per heavy atom. The van der Waals surface area contributed by atoms with Crippen molar-refractivity contribution < 1.29 is 43.7 Å². The smallest absolute Gasteiger partial charge is 0.407 e. The lowest BCUT2D eigenvalue weighted by Gasteiger charge is -2.19. The summed E-state index contributed by atoms with van der Waals surface area (Å²) in [5.41, 5.74) is 4.63. The Kier molecular flexibility index (Phi) is 11.6. The summed E-state index contributed by atoms with van der Waals surface area (Å²) in [4.78, 5) is 57.7. The SMILES string of the molecule is CC(=O)O.COc1ccc(C(=O)NCCNC(=O)[C@@H](CC(=O)O)NC(=O)OCC2c3ccccc3-c3ccccc32)cc1. The van der Waals surface area contributed by atoms with Gasteiger partial charge in [-0.15, -0.1) is 0 Å². The first kappa shape index (κ1) is 32.1. The molecule has 0 bridgehead atoms. The summed E-state index contributed by atoms with van der Waals surface area (Å²) in [6.45, 7) is 1.24. The van der Waals surface area contributed by atoms with E-state index in [9.17, 15) is 24.3 Å². The number of amides is 3. The predicted molar refractivity (Wildman–Crippen MR) is 156 cm³/mol. The molecule has 12 nitrogen and oxygen atoms in total. The van der Waals surface area contributed by atoms with Gasteiger partial charge in [-0.3, -0.25) is 19.2 Å². The van der Waals surface area contributed by atoms with Gasteiger partial charge in [-0.1, -0.05) is 48.5 Å². The van der Waals surface area contributed by atoms with Crippen LogP contribution >= 0.6 is 0 Å². The van der Waals surface area contributed by atoms with Crippen LogP contribution in [0.4, 0.5) is 4.79 Å². The number of benzene rings is 3. The van der Waals surface area contributed by atoms with E-state index in [0.717, 1.165) is 29.2 Å². The second-order valence-electron chi connectivity index (χ2n) is 9.41. The number of methoxy groups -OCH3 is 1. The summed E-state index contributed by atoms with van der Waals surface area (Å²) in [6.07, 6.45) is -1.53. The van der Waals surface area contributed by atoms with E-state index in [1.807, 2.05) is 48.5 Å². The fraction of sp³-hybridized carbons (Fsp3) is 0.258. The number of carboxylic acids is 2. The first-order chi connectivity index (χ1) is 20.6. The van der Waals surface area contributed by atoms with Gasteiger partial charge < -0.3 is 35.6 Å². The predicted octanol–water partition coefficient (Wildman–Crippen LogP) is 3.01. The van der Waals surface area contributed by atoms with Crippen LogP contribution in [0.2, 0.25) is 0 Å². The highest BCUT2D eigenvalue weighted by atomic mass is 16.5. The molecule has 3 aromatic rings. The average molecular weight is 592 g/mol. The van der Waals surface area contributed by atoms with E-state index in [0.29, 0.717) is 11.3 Å². The van der Waals surface area contributed by atoms with Crippen LogP contribution in [0.3, 0.4) is 0 Å². The van der Waals surface area contributed by atoms with Crippen LogP contribution < -0.4 is 20.7 Å². The van der Waals surface area contributed by atoms with Crippen LogP contribution in [-0.2, 0) is 19.1 Å². The highest BCUT2D eigenvalue weighted by molar-refractivity contribution is 5.94. The van der Waals surface area contributed by atoms with Crippen LogP contribution in [0.5, 0.6) is 5.75 Å². The molecule has 12 heteroatoms. The highest BCUT2D eigenvalue weighted by Crippen LogP contribution is 2.44. The van der Waals surface area contributed by atoms with Crippen molar-refractivity contribution in [1.29, 1.82) is 0 Å². The number of hydrogen-bond acceptors (Lipinski definition) is 7. The molecule has 0 radical (unpaired) electrons. The summed E-state index contributed by atoms with van der Waals surface area (Å²) in [5.74, 6) is -2.70. The average Bonchev–Trinajstić information content (AvgIpc) is 3.31. The number of carbonyl (C=O) groups is 5. The largest absolute Gasteiger partial charge is 0.497 e. The molecule has 1 atom stereocenters. The Bertz CT molecular complexity index is 1410. The fourth-order valence-electron chi connectivity index (χ4n) is 4.50. The molecule has 1 aliphatic rings. The number of rotatable bonds is 11. The lowest BCUT2D eigenvalue weighted by Crippen LogP contribution is -2.49. The van der Waals surface area contributed by atoms with Gasteiger partial charge in [0.05, 0.1) is 13.5 Å². The molecule has 0 unspecified atom stereocenters. The van der Waals surface area contributed by atoms with E-state index >= 15 is 0 Å². The zero-order chi connectivity index (χ0) is 31.4. The minimum absolute atomic E-state index is 0.0265. The standard InChI is InChI=1S/C29H29N3O7.C2H4O2/c1-38-19-12-10-18(11-13-19)27(35)30-14-15-31-28(36)25(16-26(33)34)32-29(37)39-17-24-22-8-4-2-6-20(22)21-7-3-5-9-23(21)24;1-2(3)4/h2-13,24-25H,14-17H2,1H3,(H,30,35)(H,31,36)(H,32,37)(H,33,34);1H3,(H,3,4)/t25-;/m1./s1. The van der Waals surface area contributed by atoms with E-state index in [4.69, 9.17) is 19.4 Å². The number of alkyl carbamates (subject to hydrolysis) is 1. The molecule has 0 aliphatic heterocycles. The van der Waals surface area contributed by atoms with Crippen molar-refractivity contribution in [2.24, 2.45) is 0 Å². The first-order valence-electron chi connectivity index (χ1n) is 13.3. The number of fused-ring (bicyclic) bond motifs is 3. The lowest BCUT2D eigenvalue weighted by molar-refractivity contribution is -0.139. The molecule has 0 aromatic heterocycles. The van der Waals surface area contributed by atoms with Crippen molar-refractivity contribution in [3.8, 4) is 16.9 Å². The maximum atomic E-state index is 12.6. The Morgan fingerprint density at radius 1 is 0.814 bits per heavy atom. The number of nitrogens with one attached hydrogen (secondary N) is 3. The monoisotopic (exact) mass is 591 g/mol. The minimum atomic E-state index is -1.35. The zero-order valence-corrected chi connectivity index (χ0v) is 23.7. The summed E-state index contributed by atoms with van der Waals surface area (Å²) in [7, 11) is 1.53. The Labute approximate surface area is 248 Å².